The molecule has 1 unspecified atom stereocenters. The molecule has 0 saturated heterocycles. The fourth-order valence-corrected chi connectivity index (χ4v) is 1.51. The van der Waals surface area contributed by atoms with Crippen molar-refractivity contribution >= 4 is 22.0 Å². The molecule has 0 aromatic heterocycles. The van der Waals surface area contributed by atoms with Crippen LogP contribution in [0.4, 0.5) is 4.39 Å². The standard InChI is InChI=1S/C10H9BrFNO/c11-9-3-1-2-8(6-9)10(12)4-5-13-7-14/h1-3,6,10H,4-5H2. The molecule has 4 heteroatoms. The van der Waals surface area contributed by atoms with E-state index in [2.05, 4.69) is 20.9 Å². The fourth-order valence-electron chi connectivity index (χ4n) is 1.09. The summed E-state index contributed by atoms with van der Waals surface area (Å²) in [6, 6.07) is 7.03. The maximum absolute atomic E-state index is 13.4. The molecule has 1 aromatic rings. The van der Waals surface area contributed by atoms with Crippen molar-refractivity contribution in [2.24, 2.45) is 4.99 Å². The van der Waals surface area contributed by atoms with Crippen LogP contribution < -0.4 is 0 Å². The van der Waals surface area contributed by atoms with Crippen LogP contribution in [-0.4, -0.2) is 12.6 Å². The summed E-state index contributed by atoms with van der Waals surface area (Å²) in [7, 11) is 0. The summed E-state index contributed by atoms with van der Waals surface area (Å²) in [6.45, 7) is 0.178. The van der Waals surface area contributed by atoms with Crippen LogP contribution in [0, 0.1) is 0 Å². The van der Waals surface area contributed by atoms with Crippen LogP contribution >= 0.6 is 15.9 Å². The molecule has 1 atom stereocenters. The van der Waals surface area contributed by atoms with Crippen molar-refractivity contribution in [1.29, 1.82) is 0 Å². The van der Waals surface area contributed by atoms with Gasteiger partial charge < -0.3 is 0 Å². The van der Waals surface area contributed by atoms with E-state index in [9.17, 15) is 9.18 Å². The maximum Gasteiger partial charge on any atom is 0.234 e. The Balaban J connectivity index is 2.59. The Kier molecular flexibility index (Phi) is 4.50. The molecular formula is C10H9BrFNO. The molecule has 0 amide bonds. The average Bonchev–Trinajstić information content (AvgIpc) is 2.18. The molecule has 1 rings (SSSR count). The molecule has 0 aliphatic carbocycles. The lowest BCUT2D eigenvalue weighted by Gasteiger charge is -2.06. The monoisotopic (exact) mass is 257 g/mol. The SMILES string of the molecule is O=C=NCCC(F)c1cccc(Br)c1. The minimum Gasteiger partial charge on any atom is -0.242 e. The van der Waals surface area contributed by atoms with Gasteiger partial charge in [0.25, 0.3) is 0 Å². The Labute approximate surface area is 90.0 Å². The Morgan fingerprint density at radius 2 is 2.36 bits per heavy atom. The van der Waals surface area contributed by atoms with Crippen molar-refractivity contribution in [2.75, 3.05) is 6.54 Å². The van der Waals surface area contributed by atoms with E-state index in [1.165, 1.54) is 6.08 Å². The molecule has 0 heterocycles. The third-order valence-electron chi connectivity index (χ3n) is 1.77. The van der Waals surface area contributed by atoms with E-state index in [-0.39, 0.29) is 13.0 Å². The number of isocyanates is 1. The van der Waals surface area contributed by atoms with Gasteiger partial charge in [-0.2, -0.15) is 0 Å². The van der Waals surface area contributed by atoms with Gasteiger partial charge in [-0.25, -0.2) is 14.2 Å². The predicted octanol–water partition coefficient (Wildman–Crippen LogP) is 3.19. The Morgan fingerprint density at radius 3 is 3.00 bits per heavy atom. The van der Waals surface area contributed by atoms with Gasteiger partial charge in [0, 0.05) is 10.9 Å². The number of rotatable bonds is 4. The zero-order valence-corrected chi connectivity index (χ0v) is 9.00. The summed E-state index contributed by atoms with van der Waals surface area (Å²) in [5, 5.41) is 0. The first kappa shape index (κ1) is 11.1. The lowest BCUT2D eigenvalue weighted by Crippen LogP contribution is -1.94. The predicted molar refractivity (Wildman–Crippen MR) is 55.6 cm³/mol. The first-order chi connectivity index (χ1) is 6.74. The summed E-state index contributed by atoms with van der Waals surface area (Å²) in [6.07, 6.45) is 0.520. The van der Waals surface area contributed by atoms with Crippen LogP contribution in [-0.2, 0) is 4.79 Å². The topological polar surface area (TPSA) is 29.4 Å². The van der Waals surface area contributed by atoms with E-state index in [0.717, 1.165) is 4.47 Å². The van der Waals surface area contributed by atoms with E-state index in [1.54, 1.807) is 18.2 Å². The minimum atomic E-state index is -1.08. The highest BCUT2D eigenvalue weighted by molar-refractivity contribution is 9.10. The van der Waals surface area contributed by atoms with Crippen LogP contribution in [0.15, 0.2) is 33.7 Å². The van der Waals surface area contributed by atoms with E-state index < -0.39 is 6.17 Å². The number of alkyl halides is 1. The van der Waals surface area contributed by atoms with Gasteiger partial charge in [0.15, 0.2) is 0 Å². The van der Waals surface area contributed by atoms with Crippen LogP contribution in [0.1, 0.15) is 18.2 Å². The molecule has 0 fully saturated rings. The Hall–Kier alpha value is -0.990. The molecule has 1 aromatic carbocycles. The Bertz CT molecular complexity index is 350. The first-order valence-electron chi connectivity index (χ1n) is 4.17. The molecule has 14 heavy (non-hydrogen) atoms. The minimum absolute atomic E-state index is 0.178. The number of carbonyl (C=O) groups excluding carboxylic acids is 1. The fraction of sp³-hybridized carbons (Fsp3) is 0.300. The second-order valence-corrected chi connectivity index (χ2v) is 3.70. The molecule has 0 bridgehead atoms. The van der Waals surface area contributed by atoms with E-state index in [4.69, 9.17) is 0 Å². The third-order valence-corrected chi connectivity index (χ3v) is 2.26. The largest absolute Gasteiger partial charge is 0.242 e. The van der Waals surface area contributed by atoms with Crippen LogP contribution in [0.3, 0.4) is 0 Å². The number of benzene rings is 1. The lowest BCUT2D eigenvalue weighted by molar-refractivity contribution is 0.328. The number of hydrogen-bond acceptors (Lipinski definition) is 2. The highest BCUT2D eigenvalue weighted by Gasteiger charge is 2.08. The van der Waals surface area contributed by atoms with Crippen molar-refractivity contribution in [3.63, 3.8) is 0 Å². The van der Waals surface area contributed by atoms with Crippen molar-refractivity contribution in [3.8, 4) is 0 Å². The second-order valence-electron chi connectivity index (χ2n) is 2.78. The van der Waals surface area contributed by atoms with Gasteiger partial charge in [-0.05, 0) is 17.7 Å². The molecule has 2 nitrogen and oxygen atoms in total. The summed E-state index contributed by atoms with van der Waals surface area (Å²) >= 11 is 3.26. The normalized spacial score (nSPS) is 11.9. The highest BCUT2D eigenvalue weighted by atomic mass is 79.9. The lowest BCUT2D eigenvalue weighted by atomic mass is 10.1. The summed E-state index contributed by atoms with van der Waals surface area (Å²) < 4.78 is 14.3. The van der Waals surface area contributed by atoms with Crippen LogP contribution in [0.25, 0.3) is 0 Å². The van der Waals surface area contributed by atoms with E-state index in [1.807, 2.05) is 6.07 Å². The molecular weight excluding hydrogens is 249 g/mol. The summed E-state index contributed by atoms with van der Waals surface area (Å²) in [5.74, 6) is 0. The van der Waals surface area contributed by atoms with E-state index in [0.29, 0.717) is 5.56 Å². The van der Waals surface area contributed by atoms with Gasteiger partial charge in [-0.1, -0.05) is 28.1 Å². The van der Waals surface area contributed by atoms with E-state index >= 15 is 0 Å². The highest BCUT2D eigenvalue weighted by Crippen LogP contribution is 2.23. The molecule has 0 spiro atoms. The molecule has 0 N–H and O–H groups in total. The molecule has 0 aliphatic heterocycles. The van der Waals surface area contributed by atoms with Gasteiger partial charge in [-0.15, -0.1) is 0 Å². The zero-order valence-electron chi connectivity index (χ0n) is 7.41. The van der Waals surface area contributed by atoms with Crippen molar-refractivity contribution < 1.29 is 9.18 Å². The van der Waals surface area contributed by atoms with Crippen molar-refractivity contribution in [2.45, 2.75) is 12.6 Å². The quantitative estimate of drug-likeness (QED) is 0.602. The molecule has 0 saturated carbocycles. The molecule has 0 aliphatic rings. The number of halogens is 2. The maximum atomic E-state index is 13.4. The van der Waals surface area contributed by atoms with Crippen molar-refractivity contribution in [1.82, 2.24) is 0 Å². The average molecular weight is 258 g/mol. The van der Waals surface area contributed by atoms with Gasteiger partial charge in [-0.3, -0.25) is 0 Å². The molecule has 74 valence electrons. The summed E-state index contributed by atoms with van der Waals surface area (Å²) in [5.41, 5.74) is 0.598. The Morgan fingerprint density at radius 1 is 1.57 bits per heavy atom. The zero-order chi connectivity index (χ0) is 10.4. The number of nitrogens with zero attached hydrogens (tertiary/aromatic N) is 1. The molecule has 0 radical (unpaired) electrons. The number of aliphatic imine (C=N–C) groups is 1. The van der Waals surface area contributed by atoms with Crippen molar-refractivity contribution in [3.05, 3.63) is 34.3 Å². The van der Waals surface area contributed by atoms with Gasteiger partial charge in [0.05, 0.1) is 6.54 Å². The van der Waals surface area contributed by atoms with Gasteiger partial charge in [0.1, 0.15) is 6.17 Å². The van der Waals surface area contributed by atoms with Gasteiger partial charge >= 0.3 is 0 Å². The van der Waals surface area contributed by atoms with Crippen LogP contribution in [0.5, 0.6) is 0 Å². The number of hydrogen-bond donors (Lipinski definition) is 0. The third kappa shape index (κ3) is 3.40. The second kappa shape index (κ2) is 5.68. The van der Waals surface area contributed by atoms with Gasteiger partial charge in [0.2, 0.25) is 6.08 Å². The first-order valence-corrected chi connectivity index (χ1v) is 4.96. The summed E-state index contributed by atoms with van der Waals surface area (Å²) in [4.78, 5) is 13.1. The smallest absolute Gasteiger partial charge is 0.234 e. The van der Waals surface area contributed by atoms with Crippen LogP contribution in [0.2, 0.25) is 0 Å².